The van der Waals surface area contributed by atoms with Gasteiger partial charge in [-0.25, -0.2) is 4.39 Å². The van der Waals surface area contributed by atoms with E-state index >= 15 is 0 Å². The number of hydrogen-bond donors (Lipinski definition) is 2. The second kappa shape index (κ2) is 8.47. The minimum Gasteiger partial charge on any atom is -0.484 e. The smallest absolute Gasteiger partial charge is 0.262 e. The molecule has 0 fully saturated rings. The zero-order valence-electron chi connectivity index (χ0n) is 15.4. The van der Waals surface area contributed by atoms with E-state index in [1.165, 1.54) is 30.7 Å². The van der Waals surface area contributed by atoms with Crippen molar-refractivity contribution >= 4 is 23.2 Å². The molecule has 0 bridgehead atoms. The molecular weight excluding hydrogens is 335 g/mol. The molecule has 0 atom stereocenters. The van der Waals surface area contributed by atoms with Gasteiger partial charge in [-0.15, -0.1) is 0 Å². The Labute approximate surface area is 152 Å². The molecule has 26 heavy (non-hydrogen) atoms. The highest BCUT2D eigenvalue weighted by Crippen LogP contribution is 2.24. The topological polar surface area (TPSA) is 67.4 Å². The summed E-state index contributed by atoms with van der Waals surface area (Å²) in [5.74, 6) is -0.378. The van der Waals surface area contributed by atoms with Gasteiger partial charge in [-0.3, -0.25) is 9.59 Å². The van der Waals surface area contributed by atoms with Crippen LogP contribution in [0.1, 0.15) is 37.8 Å². The normalized spacial score (nSPS) is 10.5. The molecule has 0 aliphatic carbocycles. The lowest BCUT2D eigenvalue weighted by atomic mass is 9.98. The van der Waals surface area contributed by atoms with Gasteiger partial charge in [0, 0.05) is 12.6 Å². The van der Waals surface area contributed by atoms with Crippen molar-refractivity contribution in [2.45, 2.75) is 33.6 Å². The average molecular weight is 358 g/mol. The summed E-state index contributed by atoms with van der Waals surface area (Å²) in [5, 5.41) is 4.98. The van der Waals surface area contributed by atoms with E-state index < -0.39 is 11.7 Å². The van der Waals surface area contributed by atoms with Gasteiger partial charge < -0.3 is 15.4 Å². The lowest BCUT2D eigenvalue weighted by Gasteiger charge is -2.13. The molecule has 0 aliphatic rings. The number of aryl methyl sites for hydroxylation is 1. The molecule has 2 N–H and O–H groups in total. The van der Waals surface area contributed by atoms with Crippen molar-refractivity contribution in [2.24, 2.45) is 0 Å². The first-order chi connectivity index (χ1) is 12.3. The van der Waals surface area contributed by atoms with Gasteiger partial charge >= 0.3 is 0 Å². The van der Waals surface area contributed by atoms with Crippen LogP contribution >= 0.6 is 0 Å². The fraction of sp³-hybridized carbons (Fsp3) is 0.300. The first kappa shape index (κ1) is 19.4. The van der Waals surface area contributed by atoms with E-state index in [9.17, 15) is 14.0 Å². The number of hydrogen-bond acceptors (Lipinski definition) is 3. The quantitative estimate of drug-likeness (QED) is 0.812. The third kappa shape index (κ3) is 5.31. The van der Waals surface area contributed by atoms with Crippen LogP contribution in [0.15, 0.2) is 36.4 Å². The van der Waals surface area contributed by atoms with Gasteiger partial charge in [0.2, 0.25) is 5.91 Å². The fourth-order valence-electron chi connectivity index (χ4n) is 2.62. The Kier molecular flexibility index (Phi) is 6.33. The Hall–Kier alpha value is -2.89. The number of halogens is 1. The van der Waals surface area contributed by atoms with Gasteiger partial charge in [0.05, 0.1) is 5.69 Å². The van der Waals surface area contributed by atoms with E-state index in [-0.39, 0.29) is 18.2 Å². The molecular formula is C20H23FN2O3. The van der Waals surface area contributed by atoms with Crippen molar-refractivity contribution < 1.29 is 18.7 Å². The van der Waals surface area contributed by atoms with Crippen molar-refractivity contribution in [2.75, 3.05) is 17.2 Å². The first-order valence-corrected chi connectivity index (χ1v) is 8.36. The molecule has 2 aromatic rings. The van der Waals surface area contributed by atoms with Crippen LogP contribution in [0.25, 0.3) is 0 Å². The standard InChI is InChI=1S/C20H23FN2O3/c1-12(2)17-7-6-16(9-13(17)3)26-11-20(25)23-19-10-15(22-14(4)24)5-8-18(19)21/h5-10,12H,11H2,1-4H3,(H,22,24)(H,23,25). The van der Waals surface area contributed by atoms with E-state index in [0.29, 0.717) is 17.4 Å². The predicted octanol–water partition coefficient (Wildman–Crippen LogP) is 4.23. The number of carbonyl (C=O) groups excluding carboxylic acids is 2. The van der Waals surface area contributed by atoms with E-state index in [0.717, 1.165) is 5.56 Å². The molecule has 0 heterocycles. The molecule has 2 rings (SSSR count). The maximum atomic E-state index is 13.8. The van der Waals surface area contributed by atoms with Crippen molar-refractivity contribution in [1.82, 2.24) is 0 Å². The molecule has 5 nitrogen and oxygen atoms in total. The SMILES string of the molecule is CC(=O)Nc1ccc(F)c(NC(=O)COc2ccc(C(C)C)c(C)c2)c1. The molecule has 0 unspecified atom stereocenters. The van der Waals surface area contributed by atoms with Gasteiger partial charge in [0.15, 0.2) is 6.61 Å². The summed E-state index contributed by atoms with van der Waals surface area (Å²) >= 11 is 0. The van der Waals surface area contributed by atoms with Gasteiger partial charge in [-0.05, 0) is 54.3 Å². The van der Waals surface area contributed by atoms with Crippen molar-refractivity contribution in [3.8, 4) is 5.75 Å². The second-order valence-corrected chi connectivity index (χ2v) is 6.39. The Morgan fingerprint density at radius 2 is 1.85 bits per heavy atom. The van der Waals surface area contributed by atoms with Gasteiger partial charge in [0.1, 0.15) is 11.6 Å². The highest BCUT2D eigenvalue weighted by Gasteiger charge is 2.10. The number of carbonyl (C=O) groups is 2. The van der Waals surface area contributed by atoms with Crippen LogP contribution in [0.2, 0.25) is 0 Å². The molecule has 0 aliphatic heterocycles. The van der Waals surface area contributed by atoms with E-state index in [2.05, 4.69) is 24.5 Å². The first-order valence-electron chi connectivity index (χ1n) is 8.36. The monoisotopic (exact) mass is 358 g/mol. The number of ether oxygens (including phenoxy) is 1. The molecule has 138 valence electrons. The lowest BCUT2D eigenvalue weighted by Crippen LogP contribution is -2.21. The Balaban J connectivity index is 1.99. The number of amides is 2. The number of rotatable bonds is 6. The molecule has 0 spiro atoms. The van der Waals surface area contributed by atoms with Gasteiger partial charge in [-0.2, -0.15) is 0 Å². The molecule has 0 saturated carbocycles. The Morgan fingerprint density at radius 3 is 2.46 bits per heavy atom. The van der Waals surface area contributed by atoms with E-state index in [4.69, 9.17) is 4.74 Å². The largest absolute Gasteiger partial charge is 0.484 e. The minimum atomic E-state index is -0.593. The van der Waals surface area contributed by atoms with Crippen LogP contribution in [-0.4, -0.2) is 18.4 Å². The maximum absolute atomic E-state index is 13.8. The number of nitrogens with one attached hydrogen (secondary N) is 2. The van der Waals surface area contributed by atoms with Crippen LogP contribution in [0.4, 0.5) is 15.8 Å². The Morgan fingerprint density at radius 1 is 1.12 bits per heavy atom. The van der Waals surface area contributed by atoms with Crippen LogP contribution < -0.4 is 15.4 Å². The van der Waals surface area contributed by atoms with Crippen molar-refractivity contribution in [3.05, 3.63) is 53.3 Å². The summed E-state index contributed by atoms with van der Waals surface area (Å²) in [6.45, 7) is 7.32. The Bertz CT molecular complexity index is 819. The fourth-order valence-corrected chi connectivity index (χ4v) is 2.62. The summed E-state index contributed by atoms with van der Waals surface area (Å²) in [6, 6.07) is 9.62. The molecule has 0 radical (unpaired) electrons. The molecule has 2 aromatic carbocycles. The summed E-state index contributed by atoms with van der Waals surface area (Å²) in [4.78, 5) is 23.1. The van der Waals surface area contributed by atoms with Crippen LogP contribution in [0.3, 0.4) is 0 Å². The minimum absolute atomic E-state index is 0.0174. The summed E-state index contributed by atoms with van der Waals surface area (Å²) in [6.07, 6.45) is 0. The molecule has 0 saturated heterocycles. The third-order valence-electron chi connectivity index (χ3n) is 3.79. The summed E-state index contributed by atoms with van der Waals surface area (Å²) < 4.78 is 19.3. The lowest BCUT2D eigenvalue weighted by molar-refractivity contribution is -0.118. The van der Waals surface area contributed by atoms with Crippen LogP contribution in [-0.2, 0) is 9.59 Å². The maximum Gasteiger partial charge on any atom is 0.262 e. The molecule has 6 heteroatoms. The highest BCUT2D eigenvalue weighted by molar-refractivity contribution is 5.94. The summed E-state index contributed by atoms with van der Waals surface area (Å²) in [7, 11) is 0. The van der Waals surface area contributed by atoms with Crippen molar-refractivity contribution in [3.63, 3.8) is 0 Å². The molecule has 2 amide bonds. The van der Waals surface area contributed by atoms with Gasteiger partial charge in [0.25, 0.3) is 5.91 Å². The van der Waals surface area contributed by atoms with Crippen LogP contribution in [0.5, 0.6) is 5.75 Å². The number of anilines is 2. The average Bonchev–Trinajstić information content (AvgIpc) is 2.55. The zero-order valence-corrected chi connectivity index (χ0v) is 15.4. The predicted molar refractivity (Wildman–Crippen MR) is 100 cm³/mol. The highest BCUT2D eigenvalue weighted by atomic mass is 19.1. The number of benzene rings is 2. The van der Waals surface area contributed by atoms with E-state index in [1.807, 2.05) is 25.1 Å². The third-order valence-corrected chi connectivity index (χ3v) is 3.79. The van der Waals surface area contributed by atoms with Crippen molar-refractivity contribution in [1.29, 1.82) is 0 Å². The van der Waals surface area contributed by atoms with Gasteiger partial charge in [-0.1, -0.05) is 19.9 Å². The zero-order chi connectivity index (χ0) is 19.3. The second-order valence-electron chi connectivity index (χ2n) is 6.39. The molecule has 0 aromatic heterocycles. The summed E-state index contributed by atoms with van der Waals surface area (Å²) in [5.41, 5.74) is 2.69. The van der Waals surface area contributed by atoms with E-state index in [1.54, 1.807) is 0 Å². The van der Waals surface area contributed by atoms with Crippen LogP contribution in [0, 0.1) is 12.7 Å².